The van der Waals surface area contributed by atoms with E-state index < -0.39 is 10.0 Å². The average Bonchev–Trinajstić information content (AvgIpc) is 2.92. The monoisotopic (exact) mass is 273 g/mol. The molecular weight excluding hydrogens is 250 g/mol. The highest BCUT2D eigenvalue weighted by Crippen LogP contribution is 2.25. The second-order valence-corrected chi connectivity index (χ2v) is 7.92. The van der Waals surface area contributed by atoms with Crippen LogP contribution in [0.1, 0.15) is 25.7 Å². The first kappa shape index (κ1) is 12.8. The van der Waals surface area contributed by atoms with E-state index in [1.807, 2.05) is 0 Å². The number of hydrogen-bond acceptors (Lipinski definition) is 4. The standard InChI is InChI=1S/C12H23N3O2S/c16-18(17,12-4-5-13-9-12)15-8-7-14-6-2-1-3-11(14)10-15/h11-13H,1-10H2. The maximum atomic E-state index is 12.5. The van der Waals surface area contributed by atoms with E-state index in [0.29, 0.717) is 19.1 Å². The Morgan fingerprint density at radius 2 is 1.94 bits per heavy atom. The minimum Gasteiger partial charge on any atom is -0.315 e. The molecule has 0 aromatic carbocycles. The van der Waals surface area contributed by atoms with Crippen LogP contribution in [0.5, 0.6) is 0 Å². The molecule has 5 nitrogen and oxygen atoms in total. The summed E-state index contributed by atoms with van der Waals surface area (Å²) in [6.07, 6.45) is 4.46. The van der Waals surface area contributed by atoms with Crippen molar-refractivity contribution in [1.29, 1.82) is 0 Å². The van der Waals surface area contributed by atoms with Gasteiger partial charge in [-0.1, -0.05) is 6.42 Å². The largest absolute Gasteiger partial charge is 0.315 e. The number of hydrogen-bond donors (Lipinski definition) is 1. The van der Waals surface area contributed by atoms with Gasteiger partial charge in [-0.3, -0.25) is 4.90 Å². The zero-order valence-electron chi connectivity index (χ0n) is 10.8. The van der Waals surface area contributed by atoms with Gasteiger partial charge < -0.3 is 5.32 Å². The van der Waals surface area contributed by atoms with Gasteiger partial charge in [-0.25, -0.2) is 8.42 Å². The molecule has 3 aliphatic rings. The molecule has 0 bridgehead atoms. The fourth-order valence-electron chi connectivity index (χ4n) is 3.45. The molecule has 18 heavy (non-hydrogen) atoms. The third kappa shape index (κ3) is 2.31. The van der Waals surface area contributed by atoms with Gasteiger partial charge in [0.2, 0.25) is 10.0 Å². The number of sulfonamides is 1. The summed E-state index contributed by atoms with van der Waals surface area (Å²) in [5.74, 6) is 0. The number of nitrogens with one attached hydrogen (secondary N) is 1. The highest BCUT2D eigenvalue weighted by molar-refractivity contribution is 7.89. The number of piperazine rings is 1. The fourth-order valence-corrected chi connectivity index (χ4v) is 5.33. The van der Waals surface area contributed by atoms with E-state index in [-0.39, 0.29) is 5.25 Å². The number of piperidine rings is 1. The van der Waals surface area contributed by atoms with Gasteiger partial charge in [0.1, 0.15) is 0 Å². The molecule has 0 spiro atoms. The molecule has 3 rings (SSSR count). The maximum Gasteiger partial charge on any atom is 0.218 e. The van der Waals surface area contributed by atoms with Crippen LogP contribution in [-0.2, 0) is 10.0 Å². The highest BCUT2D eigenvalue weighted by atomic mass is 32.2. The summed E-state index contributed by atoms with van der Waals surface area (Å²) in [6, 6.07) is 0.469. The summed E-state index contributed by atoms with van der Waals surface area (Å²) < 4.78 is 26.8. The lowest BCUT2D eigenvalue weighted by atomic mass is 10.0. The Morgan fingerprint density at radius 3 is 2.72 bits per heavy atom. The molecular formula is C12H23N3O2S. The van der Waals surface area contributed by atoms with Crippen molar-refractivity contribution in [2.75, 3.05) is 39.3 Å². The zero-order chi connectivity index (χ0) is 12.6. The van der Waals surface area contributed by atoms with Crippen LogP contribution in [0.3, 0.4) is 0 Å². The van der Waals surface area contributed by atoms with E-state index in [2.05, 4.69) is 10.2 Å². The van der Waals surface area contributed by atoms with Gasteiger partial charge in [0.25, 0.3) is 0 Å². The summed E-state index contributed by atoms with van der Waals surface area (Å²) >= 11 is 0. The van der Waals surface area contributed by atoms with Crippen molar-refractivity contribution in [2.45, 2.75) is 37.0 Å². The first-order valence-electron chi connectivity index (χ1n) is 7.11. The lowest BCUT2D eigenvalue weighted by molar-refractivity contribution is 0.0848. The molecule has 0 aromatic heterocycles. The lowest BCUT2D eigenvalue weighted by Crippen LogP contribution is -2.57. The van der Waals surface area contributed by atoms with Crippen LogP contribution in [0.4, 0.5) is 0 Å². The van der Waals surface area contributed by atoms with Crippen LogP contribution < -0.4 is 5.32 Å². The van der Waals surface area contributed by atoms with Crippen molar-refractivity contribution < 1.29 is 8.42 Å². The Labute approximate surface area is 110 Å². The van der Waals surface area contributed by atoms with Gasteiger partial charge in [-0.15, -0.1) is 0 Å². The van der Waals surface area contributed by atoms with Crippen LogP contribution in [0.2, 0.25) is 0 Å². The fraction of sp³-hybridized carbons (Fsp3) is 1.00. The van der Waals surface area contributed by atoms with Gasteiger partial charge in [-0.05, 0) is 32.4 Å². The normalized spacial score (nSPS) is 35.6. The van der Waals surface area contributed by atoms with Gasteiger partial charge in [0.05, 0.1) is 5.25 Å². The van der Waals surface area contributed by atoms with Crippen molar-refractivity contribution in [2.24, 2.45) is 0 Å². The molecule has 2 atom stereocenters. The van der Waals surface area contributed by atoms with E-state index in [4.69, 9.17) is 0 Å². The number of nitrogens with zero attached hydrogens (tertiary/aromatic N) is 2. The minimum absolute atomic E-state index is 0.187. The first-order valence-corrected chi connectivity index (χ1v) is 8.62. The van der Waals surface area contributed by atoms with Crippen molar-refractivity contribution >= 4 is 10.0 Å². The van der Waals surface area contributed by atoms with Crippen LogP contribution in [0, 0.1) is 0 Å². The number of fused-ring (bicyclic) bond motifs is 1. The van der Waals surface area contributed by atoms with Gasteiger partial charge >= 0.3 is 0 Å². The molecule has 0 amide bonds. The van der Waals surface area contributed by atoms with Crippen molar-refractivity contribution in [3.63, 3.8) is 0 Å². The molecule has 1 N–H and O–H groups in total. The molecule has 0 aromatic rings. The molecule has 104 valence electrons. The second-order valence-electron chi connectivity index (χ2n) is 5.70. The second kappa shape index (κ2) is 5.07. The van der Waals surface area contributed by atoms with E-state index in [0.717, 1.165) is 39.0 Å². The van der Waals surface area contributed by atoms with Crippen LogP contribution >= 0.6 is 0 Å². The number of rotatable bonds is 2. The van der Waals surface area contributed by atoms with Crippen LogP contribution in [0.25, 0.3) is 0 Å². The Kier molecular flexibility index (Phi) is 3.62. The third-order valence-corrected chi connectivity index (χ3v) is 6.89. The molecule has 3 fully saturated rings. The van der Waals surface area contributed by atoms with E-state index >= 15 is 0 Å². The first-order chi connectivity index (χ1) is 8.68. The zero-order valence-corrected chi connectivity index (χ0v) is 11.7. The Morgan fingerprint density at radius 1 is 1.06 bits per heavy atom. The third-order valence-electron chi connectivity index (χ3n) is 4.60. The molecule has 3 aliphatic heterocycles. The Hall–Kier alpha value is -0.170. The summed E-state index contributed by atoms with van der Waals surface area (Å²) in [7, 11) is -3.07. The summed E-state index contributed by atoms with van der Waals surface area (Å²) in [6.45, 7) is 4.96. The molecule has 2 unspecified atom stereocenters. The predicted octanol–water partition coefficient (Wildman–Crippen LogP) is -0.152. The van der Waals surface area contributed by atoms with Gasteiger partial charge in [0.15, 0.2) is 0 Å². The van der Waals surface area contributed by atoms with E-state index in [1.165, 1.54) is 12.8 Å². The quantitative estimate of drug-likeness (QED) is 0.760. The summed E-state index contributed by atoms with van der Waals surface area (Å²) in [4.78, 5) is 2.47. The van der Waals surface area contributed by atoms with E-state index in [9.17, 15) is 8.42 Å². The Balaban J connectivity index is 1.69. The van der Waals surface area contributed by atoms with Crippen molar-refractivity contribution in [1.82, 2.24) is 14.5 Å². The van der Waals surface area contributed by atoms with Crippen LogP contribution in [-0.4, -0.2) is 68.2 Å². The maximum absolute atomic E-state index is 12.5. The lowest BCUT2D eigenvalue weighted by Gasteiger charge is -2.43. The van der Waals surface area contributed by atoms with Crippen LogP contribution in [0.15, 0.2) is 0 Å². The smallest absolute Gasteiger partial charge is 0.218 e. The molecule has 0 saturated carbocycles. The van der Waals surface area contributed by atoms with Gasteiger partial charge in [-0.2, -0.15) is 4.31 Å². The van der Waals surface area contributed by atoms with Crippen molar-refractivity contribution in [3.8, 4) is 0 Å². The molecule has 0 aliphatic carbocycles. The predicted molar refractivity (Wildman–Crippen MR) is 71.0 cm³/mol. The Bertz CT molecular complexity index is 392. The summed E-state index contributed by atoms with van der Waals surface area (Å²) in [5, 5.41) is 2.97. The molecule has 3 heterocycles. The SMILES string of the molecule is O=S(=O)(C1CCNC1)N1CCN2CCCCC2C1. The highest BCUT2D eigenvalue weighted by Gasteiger charge is 2.39. The van der Waals surface area contributed by atoms with Gasteiger partial charge in [0, 0.05) is 32.2 Å². The molecule has 0 radical (unpaired) electrons. The topological polar surface area (TPSA) is 52.7 Å². The molecule has 3 saturated heterocycles. The average molecular weight is 273 g/mol. The molecule has 6 heteroatoms. The summed E-state index contributed by atoms with van der Waals surface area (Å²) in [5.41, 5.74) is 0. The van der Waals surface area contributed by atoms with E-state index in [1.54, 1.807) is 4.31 Å². The minimum atomic E-state index is -3.07. The van der Waals surface area contributed by atoms with Crippen molar-refractivity contribution in [3.05, 3.63) is 0 Å².